The van der Waals surface area contributed by atoms with Gasteiger partial charge in [0.05, 0.1) is 17.2 Å². The van der Waals surface area contributed by atoms with Crippen molar-refractivity contribution in [2.24, 2.45) is 0 Å². The molecule has 2 rings (SSSR count). The summed E-state index contributed by atoms with van der Waals surface area (Å²) in [4.78, 5) is 24.5. The summed E-state index contributed by atoms with van der Waals surface area (Å²) in [5.74, 6) is -3.14. The summed E-state index contributed by atoms with van der Waals surface area (Å²) in [7, 11) is 0. The van der Waals surface area contributed by atoms with Crippen molar-refractivity contribution in [3.63, 3.8) is 0 Å². The Morgan fingerprint density at radius 1 is 1.23 bits per heavy atom. The molecule has 8 nitrogen and oxygen atoms in total. The number of phenols is 1. The summed E-state index contributed by atoms with van der Waals surface area (Å²) in [5, 5.41) is 31.6. The van der Waals surface area contributed by atoms with Gasteiger partial charge in [-0.3, -0.25) is 20.8 Å². The summed E-state index contributed by atoms with van der Waals surface area (Å²) >= 11 is 5.92. The zero-order valence-electron chi connectivity index (χ0n) is 16.3. The van der Waals surface area contributed by atoms with E-state index in [1.807, 2.05) is 11.4 Å². The van der Waals surface area contributed by atoms with Gasteiger partial charge in [-0.1, -0.05) is 11.6 Å². The molecule has 4 N–H and O–H groups in total. The van der Waals surface area contributed by atoms with Crippen molar-refractivity contribution in [1.82, 2.24) is 10.6 Å². The van der Waals surface area contributed by atoms with Gasteiger partial charge in [0.25, 0.3) is 5.91 Å². The Morgan fingerprint density at radius 2 is 1.90 bits per heavy atom. The number of hydrogen-bond acceptors (Lipinski definition) is 6. The number of nitrogens with zero attached hydrogens (tertiary/aromatic N) is 1. The number of guanidine groups is 1. The third kappa shape index (κ3) is 5.46. The predicted octanol–water partition coefficient (Wildman–Crippen LogP) is 3.91. The molecule has 10 heteroatoms. The molecule has 2 aromatic rings. The summed E-state index contributed by atoms with van der Waals surface area (Å²) in [6.45, 7) is 4.85. The minimum Gasteiger partial charge on any atom is -0.507 e. The van der Waals surface area contributed by atoms with E-state index in [2.05, 4.69) is 5.32 Å². The SMILES string of the molecule is CC(C)(C)OC(=O)NC(=N)NC(=O)c1c(O)ccc(C#N)c1-c1cc(Cl)ccc1F. The minimum atomic E-state index is -1.06. The van der Waals surface area contributed by atoms with Gasteiger partial charge in [-0.2, -0.15) is 5.26 Å². The lowest BCUT2D eigenvalue weighted by atomic mass is 9.93. The number of carbonyl (C=O) groups is 2. The van der Waals surface area contributed by atoms with Crippen LogP contribution in [-0.4, -0.2) is 28.7 Å². The lowest BCUT2D eigenvalue weighted by Gasteiger charge is -2.20. The van der Waals surface area contributed by atoms with Crippen molar-refractivity contribution < 1.29 is 23.8 Å². The molecule has 0 aliphatic rings. The van der Waals surface area contributed by atoms with Crippen molar-refractivity contribution in [3.8, 4) is 22.9 Å². The van der Waals surface area contributed by atoms with Crippen LogP contribution in [0.15, 0.2) is 30.3 Å². The maximum atomic E-state index is 14.4. The number of ether oxygens (including phenoxy) is 1. The first-order valence-corrected chi connectivity index (χ1v) is 8.92. The largest absolute Gasteiger partial charge is 0.507 e. The number of aromatic hydroxyl groups is 1. The van der Waals surface area contributed by atoms with Crippen LogP contribution in [0.5, 0.6) is 5.75 Å². The maximum absolute atomic E-state index is 14.4. The quantitative estimate of drug-likeness (QED) is 0.421. The van der Waals surface area contributed by atoms with Gasteiger partial charge in [0, 0.05) is 16.1 Å². The second-order valence-electron chi connectivity index (χ2n) is 7.07. The molecule has 30 heavy (non-hydrogen) atoms. The molecule has 2 aromatic carbocycles. The third-order valence-corrected chi connectivity index (χ3v) is 3.83. The minimum absolute atomic E-state index is 0.106. The molecule has 0 heterocycles. The van der Waals surface area contributed by atoms with Crippen LogP contribution in [0.25, 0.3) is 11.1 Å². The molecular formula is C20H18ClFN4O4. The van der Waals surface area contributed by atoms with E-state index in [0.29, 0.717) is 0 Å². The number of rotatable bonds is 2. The number of benzene rings is 2. The first-order valence-electron chi connectivity index (χ1n) is 8.54. The molecule has 0 spiro atoms. The topological polar surface area (TPSA) is 135 Å². The van der Waals surface area contributed by atoms with Crippen LogP contribution in [0.1, 0.15) is 36.7 Å². The number of alkyl carbamates (subject to hydrolysis) is 1. The highest BCUT2D eigenvalue weighted by Gasteiger charge is 2.25. The van der Waals surface area contributed by atoms with Crippen LogP contribution in [0.2, 0.25) is 5.02 Å². The number of hydrogen-bond donors (Lipinski definition) is 4. The summed E-state index contributed by atoms with van der Waals surface area (Å²) in [5.41, 5.74) is -1.80. The van der Waals surface area contributed by atoms with Crippen molar-refractivity contribution in [3.05, 3.63) is 52.3 Å². The Bertz CT molecular complexity index is 1070. The van der Waals surface area contributed by atoms with Gasteiger partial charge >= 0.3 is 6.09 Å². The van der Waals surface area contributed by atoms with Crippen molar-refractivity contribution >= 4 is 29.6 Å². The fraction of sp³-hybridized carbons (Fsp3) is 0.200. The number of amides is 2. The molecule has 0 saturated heterocycles. The van der Waals surface area contributed by atoms with Crippen molar-refractivity contribution in [2.75, 3.05) is 0 Å². The maximum Gasteiger partial charge on any atom is 0.414 e. The lowest BCUT2D eigenvalue weighted by Crippen LogP contribution is -2.45. The molecule has 0 bridgehead atoms. The van der Waals surface area contributed by atoms with Crippen LogP contribution in [-0.2, 0) is 4.74 Å². The zero-order valence-corrected chi connectivity index (χ0v) is 17.0. The first-order chi connectivity index (χ1) is 13.9. The number of nitrogens with one attached hydrogen (secondary N) is 3. The molecule has 156 valence electrons. The van der Waals surface area contributed by atoms with Crippen LogP contribution in [0.4, 0.5) is 9.18 Å². The number of phenolic OH excluding ortho intramolecular Hbond substituents is 1. The molecular weight excluding hydrogens is 415 g/mol. The number of nitriles is 1. The monoisotopic (exact) mass is 432 g/mol. The van der Waals surface area contributed by atoms with Crippen LogP contribution < -0.4 is 10.6 Å². The van der Waals surface area contributed by atoms with Gasteiger partial charge in [0.15, 0.2) is 0 Å². The van der Waals surface area contributed by atoms with Gasteiger partial charge in [-0.05, 0) is 51.1 Å². The van der Waals surface area contributed by atoms with Crippen LogP contribution in [0, 0.1) is 22.6 Å². The van der Waals surface area contributed by atoms with E-state index in [1.165, 1.54) is 18.2 Å². The lowest BCUT2D eigenvalue weighted by molar-refractivity contribution is 0.0561. The molecule has 0 aliphatic carbocycles. The van der Waals surface area contributed by atoms with E-state index in [-0.39, 0.29) is 21.7 Å². The predicted molar refractivity (Wildman–Crippen MR) is 108 cm³/mol. The molecule has 0 atom stereocenters. The van der Waals surface area contributed by atoms with E-state index in [1.54, 1.807) is 20.8 Å². The Kier molecular flexibility index (Phi) is 6.64. The second kappa shape index (κ2) is 8.80. The van der Waals surface area contributed by atoms with E-state index < -0.39 is 40.7 Å². The Labute approximate surface area is 176 Å². The number of carbonyl (C=O) groups excluding carboxylic acids is 2. The first kappa shape index (κ1) is 22.6. The van der Waals surface area contributed by atoms with Crippen LogP contribution >= 0.6 is 11.6 Å². The van der Waals surface area contributed by atoms with Crippen LogP contribution in [0.3, 0.4) is 0 Å². The standard InChI is InChI=1S/C20H18ClFN4O4/c1-20(2,3)30-19(29)26-18(24)25-17(28)16-14(27)7-4-10(9-23)15(16)12-8-11(21)5-6-13(12)22/h4-8,27H,1-3H3,(H3,24,25,26,28,29). The molecule has 2 amide bonds. The Morgan fingerprint density at radius 3 is 2.50 bits per heavy atom. The van der Waals surface area contributed by atoms with Gasteiger partial charge < -0.3 is 9.84 Å². The second-order valence-corrected chi connectivity index (χ2v) is 7.51. The van der Waals surface area contributed by atoms with Gasteiger partial charge in [-0.25, -0.2) is 9.18 Å². The molecule has 0 radical (unpaired) electrons. The third-order valence-electron chi connectivity index (χ3n) is 3.59. The van der Waals surface area contributed by atoms with Crippen molar-refractivity contribution in [2.45, 2.75) is 26.4 Å². The molecule has 0 aliphatic heterocycles. The highest BCUT2D eigenvalue weighted by atomic mass is 35.5. The van der Waals surface area contributed by atoms with E-state index in [0.717, 1.165) is 12.1 Å². The summed E-state index contributed by atoms with van der Waals surface area (Å²) in [6, 6.07) is 7.67. The average molecular weight is 433 g/mol. The fourth-order valence-corrected chi connectivity index (χ4v) is 2.67. The summed E-state index contributed by atoms with van der Waals surface area (Å²) < 4.78 is 19.4. The Hall–Kier alpha value is -3.64. The Balaban J connectivity index is 2.43. The summed E-state index contributed by atoms with van der Waals surface area (Å²) in [6.07, 6.45) is -0.982. The number of halogens is 2. The molecule has 0 fully saturated rings. The zero-order chi connectivity index (χ0) is 22.6. The highest BCUT2D eigenvalue weighted by Crippen LogP contribution is 2.36. The van der Waals surface area contributed by atoms with Gasteiger partial charge in [-0.15, -0.1) is 0 Å². The molecule has 0 unspecified atom stereocenters. The van der Waals surface area contributed by atoms with E-state index in [9.17, 15) is 24.3 Å². The highest BCUT2D eigenvalue weighted by molar-refractivity contribution is 6.31. The van der Waals surface area contributed by atoms with E-state index in [4.69, 9.17) is 21.7 Å². The van der Waals surface area contributed by atoms with Gasteiger partial charge in [0.2, 0.25) is 5.96 Å². The fourth-order valence-electron chi connectivity index (χ4n) is 2.50. The smallest absolute Gasteiger partial charge is 0.414 e. The van der Waals surface area contributed by atoms with Gasteiger partial charge in [0.1, 0.15) is 17.2 Å². The van der Waals surface area contributed by atoms with E-state index >= 15 is 0 Å². The molecule has 0 saturated carbocycles. The van der Waals surface area contributed by atoms with Crippen molar-refractivity contribution in [1.29, 1.82) is 10.7 Å². The average Bonchev–Trinajstić information content (AvgIpc) is 2.61. The molecule has 0 aromatic heterocycles. The normalized spacial score (nSPS) is 10.7.